The van der Waals surface area contributed by atoms with Crippen molar-refractivity contribution in [2.24, 2.45) is 0 Å². The van der Waals surface area contributed by atoms with E-state index in [1.54, 1.807) is 62.6 Å². The van der Waals surface area contributed by atoms with Gasteiger partial charge in [-0.3, -0.25) is 9.59 Å². The first-order valence-electron chi connectivity index (χ1n) is 9.55. The van der Waals surface area contributed by atoms with Gasteiger partial charge in [-0.25, -0.2) is 0 Å². The predicted octanol–water partition coefficient (Wildman–Crippen LogP) is 4.66. The molecule has 1 atom stereocenters. The smallest absolute Gasteiger partial charge is 0.265 e. The van der Waals surface area contributed by atoms with Crippen molar-refractivity contribution >= 4 is 23.2 Å². The van der Waals surface area contributed by atoms with Crippen molar-refractivity contribution in [2.75, 3.05) is 17.7 Å². The van der Waals surface area contributed by atoms with Crippen LogP contribution in [0, 0.1) is 6.92 Å². The summed E-state index contributed by atoms with van der Waals surface area (Å²) < 4.78 is 10.8. The molecule has 0 bridgehead atoms. The van der Waals surface area contributed by atoms with Crippen LogP contribution in [0.1, 0.15) is 22.8 Å². The van der Waals surface area contributed by atoms with Crippen molar-refractivity contribution < 1.29 is 19.1 Å². The van der Waals surface area contributed by atoms with Gasteiger partial charge in [0.2, 0.25) is 0 Å². The maximum atomic E-state index is 12.7. The minimum atomic E-state index is -0.758. The minimum absolute atomic E-state index is 0.305. The highest BCUT2D eigenvalue weighted by atomic mass is 16.5. The summed E-state index contributed by atoms with van der Waals surface area (Å²) in [5.41, 5.74) is 2.51. The normalized spacial score (nSPS) is 11.3. The van der Waals surface area contributed by atoms with Gasteiger partial charge in [-0.05, 0) is 67.9 Å². The number of aryl methyl sites for hydroxylation is 1. The number of para-hydroxylation sites is 1. The van der Waals surface area contributed by atoms with E-state index in [-0.39, 0.29) is 11.8 Å². The van der Waals surface area contributed by atoms with E-state index in [0.717, 1.165) is 5.56 Å². The molecule has 2 N–H and O–H groups in total. The Morgan fingerprint density at radius 1 is 0.867 bits per heavy atom. The molecule has 3 aromatic carbocycles. The first-order valence-corrected chi connectivity index (χ1v) is 9.55. The lowest BCUT2D eigenvalue weighted by Gasteiger charge is -2.16. The van der Waals surface area contributed by atoms with Gasteiger partial charge >= 0.3 is 0 Å². The third kappa shape index (κ3) is 5.38. The Kier molecular flexibility index (Phi) is 6.70. The lowest BCUT2D eigenvalue weighted by atomic mass is 10.1. The molecule has 0 aliphatic rings. The summed E-state index contributed by atoms with van der Waals surface area (Å²) >= 11 is 0. The Bertz CT molecular complexity index is 1030. The van der Waals surface area contributed by atoms with Crippen molar-refractivity contribution in [3.63, 3.8) is 0 Å². The summed E-state index contributed by atoms with van der Waals surface area (Å²) in [6.07, 6.45) is -0.758. The molecular weight excluding hydrogens is 380 g/mol. The molecule has 6 heteroatoms. The molecule has 0 saturated carbocycles. The lowest BCUT2D eigenvalue weighted by Crippen LogP contribution is -2.31. The minimum Gasteiger partial charge on any atom is -0.497 e. The summed E-state index contributed by atoms with van der Waals surface area (Å²) in [5.74, 6) is 0.582. The lowest BCUT2D eigenvalue weighted by molar-refractivity contribution is -0.122. The summed E-state index contributed by atoms with van der Waals surface area (Å²) in [6.45, 7) is 3.60. The number of nitrogens with one attached hydrogen (secondary N) is 2. The van der Waals surface area contributed by atoms with E-state index in [9.17, 15) is 9.59 Å². The number of benzene rings is 3. The average molecular weight is 404 g/mol. The Hall–Kier alpha value is -3.80. The van der Waals surface area contributed by atoms with Crippen molar-refractivity contribution in [1.29, 1.82) is 0 Å². The molecule has 0 saturated heterocycles. The first kappa shape index (κ1) is 20.9. The highest BCUT2D eigenvalue weighted by Gasteiger charge is 2.18. The zero-order valence-corrected chi connectivity index (χ0v) is 17.1. The summed E-state index contributed by atoms with van der Waals surface area (Å²) in [4.78, 5) is 25.4. The zero-order chi connectivity index (χ0) is 21.5. The predicted molar refractivity (Wildman–Crippen MR) is 117 cm³/mol. The average Bonchev–Trinajstić information content (AvgIpc) is 2.74. The molecule has 0 aliphatic heterocycles. The highest BCUT2D eigenvalue weighted by Crippen LogP contribution is 2.21. The second kappa shape index (κ2) is 9.60. The van der Waals surface area contributed by atoms with Gasteiger partial charge in [0.25, 0.3) is 11.8 Å². The van der Waals surface area contributed by atoms with Crippen molar-refractivity contribution in [1.82, 2.24) is 0 Å². The molecule has 1 unspecified atom stereocenters. The van der Waals surface area contributed by atoms with Gasteiger partial charge in [0.15, 0.2) is 6.10 Å². The summed E-state index contributed by atoms with van der Waals surface area (Å²) in [7, 11) is 1.58. The van der Waals surface area contributed by atoms with Crippen LogP contribution in [0.3, 0.4) is 0 Å². The third-order valence-electron chi connectivity index (χ3n) is 4.45. The Labute approximate surface area is 175 Å². The molecule has 0 spiro atoms. The van der Waals surface area contributed by atoms with E-state index >= 15 is 0 Å². The topological polar surface area (TPSA) is 76.7 Å². The standard InChI is InChI=1S/C24H24N2O4/c1-16-7-6-8-18(15-16)25-24(28)21-9-4-5-10-22(21)26-23(27)17(2)30-20-13-11-19(29-3)12-14-20/h4-15,17H,1-3H3,(H,25,28)(H,26,27). The molecule has 154 valence electrons. The Morgan fingerprint density at radius 3 is 2.27 bits per heavy atom. The number of ether oxygens (including phenoxy) is 2. The molecule has 6 nitrogen and oxygen atoms in total. The second-order valence-electron chi connectivity index (χ2n) is 6.79. The van der Waals surface area contributed by atoms with Gasteiger partial charge < -0.3 is 20.1 Å². The van der Waals surface area contributed by atoms with Gasteiger partial charge in [-0.1, -0.05) is 24.3 Å². The van der Waals surface area contributed by atoms with Crippen molar-refractivity contribution in [3.05, 3.63) is 83.9 Å². The Balaban J connectivity index is 1.68. The molecule has 3 rings (SSSR count). The van der Waals surface area contributed by atoms with E-state index < -0.39 is 6.10 Å². The maximum absolute atomic E-state index is 12.7. The second-order valence-corrected chi connectivity index (χ2v) is 6.79. The number of carbonyl (C=O) groups excluding carboxylic acids is 2. The zero-order valence-electron chi connectivity index (χ0n) is 17.1. The molecular formula is C24H24N2O4. The molecule has 0 aliphatic carbocycles. The van der Waals surface area contributed by atoms with Crippen molar-refractivity contribution in [3.8, 4) is 11.5 Å². The van der Waals surface area contributed by atoms with Crippen LogP contribution in [0.15, 0.2) is 72.8 Å². The molecule has 0 heterocycles. The number of hydrogen-bond acceptors (Lipinski definition) is 4. The van der Waals surface area contributed by atoms with Crippen molar-refractivity contribution in [2.45, 2.75) is 20.0 Å². The number of rotatable bonds is 7. The number of carbonyl (C=O) groups is 2. The summed E-state index contributed by atoms with van der Waals surface area (Å²) in [6, 6.07) is 21.3. The maximum Gasteiger partial charge on any atom is 0.265 e. The quantitative estimate of drug-likeness (QED) is 0.600. The van der Waals surface area contributed by atoms with E-state index in [2.05, 4.69) is 10.6 Å². The highest BCUT2D eigenvalue weighted by molar-refractivity contribution is 6.10. The van der Waals surface area contributed by atoms with Crippen LogP contribution in [0.2, 0.25) is 0 Å². The molecule has 0 aromatic heterocycles. The molecule has 3 aromatic rings. The SMILES string of the molecule is COc1ccc(OC(C)C(=O)Nc2ccccc2C(=O)Nc2cccc(C)c2)cc1. The number of anilines is 2. The van der Waals surface area contributed by atoms with Crippen LogP contribution in [0.4, 0.5) is 11.4 Å². The van der Waals surface area contributed by atoms with E-state index in [1.165, 1.54) is 0 Å². The fourth-order valence-electron chi connectivity index (χ4n) is 2.86. The van der Waals surface area contributed by atoms with Crippen LogP contribution in [-0.4, -0.2) is 25.0 Å². The van der Waals surface area contributed by atoms with E-state index in [0.29, 0.717) is 28.4 Å². The fraction of sp³-hybridized carbons (Fsp3) is 0.167. The van der Waals surface area contributed by atoms with Gasteiger partial charge in [-0.15, -0.1) is 0 Å². The molecule has 2 amide bonds. The molecule has 0 fully saturated rings. The van der Waals surface area contributed by atoms with Crippen LogP contribution in [0.5, 0.6) is 11.5 Å². The van der Waals surface area contributed by atoms with Crippen LogP contribution in [-0.2, 0) is 4.79 Å². The number of methoxy groups -OCH3 is 1. The van der Waals surface area contributed by atoms with E-state index in [1.807, 2.05) is 31.2 Å². The van der Waals surface area contributed by atoms with Gasteiger partial charge in [0.05, 0.1) is 18.4 Å². The van der Waals surface area contributed by atoms with E-state index in [4.69, 9.17) is 9.47 Å². The Morgan fingerprint density at radius 2 is 1.57 bits per heavy atom. The van der Waals surface area contributed by atoms with Gasteiger partial charge in [-0.2, -0.15) is 0 Å². The fourth-order valence-corrected chi connectivity index (χ4v) is 2.86. The van der Waals surface area contributed by atoms with Crippen LogP contribution < -0.4 is 20.1 Å². The number of hydrogen-bond donors (Lipinski definition) is 2. The summed E-state index contributed by atoms with van der Waals surface area (Å²) in [5, 5.41) is 5.64. The van der Waals surface area contributed by atoms with Gasteiger partial charge in [0.1, 0.15) is 11.5 Å². The third-order valence-corrected chi connectivity index (χ3v) is 4.45. The monoisotopic (exact) mass is 404 g/mol. The number of amides is 2. The first-order chi connectivity index (χ1) is 14.5. The largest absolute Gasteiger partial charge is 0.497 e. The van der Waals surface area contributed by atoms with Crippen LogP contribution in [0.25, 0.3) is 0 Å². The van der Waals surface area contributed by atoms with Gasteiger partial charge in [0, 0.05) is 5.69 Å². The molecule has 0 radical (unpaired) electrons. The van der Waals surface area contributed by atoms with Crippen LogP contribution >= 0.6 is 0 Å². The molecule has 30 heavy (non-hydrogen) atoms.